The lowest BCUT2D eigenvalue weighted by atomic mass is 10.0. The van der Waals surface area contributed by atoms with Crippen molar-refractivity contribution in [2.45, 2.75) is 12.8 Å². The number of rotatable bonds is 3. The van der Waals surface area contributed by atoms with E-state index in [0.717, 1.165) is 46.2 Å². The smallest absolute Gasteiger partial charge is 0.135 e. The maximum atomic E-state index is 6.34. The van der Waals surface area contributed by atoms with Crippen LogP contribution in [0.15, 0.2) is 144 Å². The zero-order valence-corrected chi connectivity index (χ0v) is 24.6. The molecule has 3 aromatic heterocycles. The zero-order valence-electron chi connectivity index (χ0n) is 24.6. The molecule has 45 heavy (non-hydrogen) atoms. The molecule has 3 nitrogen and oxygen atoms in total. The fourth-order valence-electron chi connectivity index (χ4n) is 7.55. The Hall–Kier alpha value is -5.80. The van der Waals surface area contributed by atoms with E-state index >= 15 is 0 Å². The molecule has 1 aliphatic rings. The first-order chi connectivity index (χ1) is 22.3. The quantitative estimate of drug-likeness (QED) is 0.205. The second-order valence-corrected chi connectivity index (χ2v) is 12.1. The second-order valence-electron chi connectivity index (χ2n) is 12.1. The van der Waals surface area contributed by atoms with Crippen molar-refractivity contribution in [3.05, 3.63) is 151 Å². The van der Waals surface area contributed by atoms with E-state index < -0.39 is 0 Å². The van der Waals surface area contributed by atoms with Gasteiger partial charge in [0.15, 0.2) is 0 Å². The first kappa shape index (κ1) is 24.6. The third-order valence-electron chi connectivity index (χ3n) is 9.61. The van der Waals surface area contributed by atoms with E-state index in [-0.39, 0.29) is 0 Å². The molecule has 1 aliphatic carbocycles. The molecule has 3 heterocycles. The zero-order chi connectivity index (χ0) is 29.5. The summed E-state index contributed by atoms with van der Waals surface area (Å²) in [7, 11) is 0. The molecule has 0 amide bonds. The van der Waals surface area contributed by atoms with Crippen LogP contribution in [0.4, 0.5) is 0 Å². The molecule has 10 rings (SSSR count). The number of hydrogen-bond donors (Lipinski definition) is 0. The Morgan fingerprint density at radius 3 is 1.78 bits per heavy atom. The monoisotopic (exact) mass is 576 g/mol. The molecule has 0 saturated carbocycles. The Labute approximate surface area is 259 Å². The van der Waals surface area contributed by atoms with E-state index in [1.54, 1.807) is 0 Å². The molecular formula is C42H28N2O. The molecular weight excluding hydrogens is 548 g/mol. The van der Waals surface area contributed by atoms with Crippen LogP contribution in [0, 0.1) is 0 Å². The number of allylic oxidation sites excluding steroid dienone is 1. The summed E-state index contributed by atoms with van der Waals surface area (Å²) in [6.45, 7) is 0. The van der Waals surface area contributed by atoms with Crippen LogP contribution in [-0.4, -0.2) is 9.13 Å². The van der Waals surface area contributed by atoms with Gasteiger partial charge >= 0.3 is 0 Å². The van der Waals surface area contributed by atoms with Crippen molar-refractivity contribution in [2.75, 3.05) is 0 Å². The number of hydrogen-bond acceptors (Lipinski definition) is 1. The van der Waals surface area contributed by atoms with Crippen LogP contribution in [0.3, 0.4) is 0 Å². The summed E-state index contributed by atoms with van der Waals surface area (Å²) in [5.74, 6) is 0. The molecule has 0 bridgehead atoms. The summed E-state index contributed by atoms with van der Waals surface area (Å²) < 4.78 is 11.1. The van der Waals surface area contributed by atoms with E-state index in [9.17, 15) is 0 Å². The predicted octanol–water partition coefficient (Wildman–Crippen LogP) is 11.3. The van der Waals surface area contributed by atoms with Gasteiger partial charge in [-0.15, -0.1) is 0 Å². The number of aryl methyl sites for hydroxylation is 1. The third-order valence-corrected chi connectivity index (χ3v) is 9.61. The largest absolute Gasteiger partial charge is 0.456 e. The number of para-hydroxylation sites is 3. The molecule has 0 unspecified atom stereocenters. The van der Waals surface area contributed by atoms with Crippen LogP contribution in [-0.2, 0) is 6.42 Å². The average molecular weight is 577 g/mol. The van der Waals surface area contributed by atoms with Crippen LogP contribution in [0.25, 0.3) is 83.2 Å². The third kappa shape index (κ3) is 3.58. The van der Waals surface area contributed by atoms with E-state index in [4.69, 9.17) is 4.42 Å². The minimum Gasteiger partial charge on any atom is -0.456 e. The summed E-state index contributed by atoms with van der Waals surface area (Å²) in [4.78, 5) is 0. The summed E-state index contributed by atoms with van der Waals surface area (Å²) in [5.41, 5.74) is 12.9. The number of aromatic nitrogens is 2. The van der Waals surface area contributed by atoms with Gasteiger partial charge in [0, 0.05) is 44.0 Å². The van der Waals surface area contributed by atoms with Gasteiger partial charge in [0.05, 0.1) is 16.6 Å². The van der Waals surface area contributed by atoms with Crippen LogP contribution < -0.4 is 0 Å². The molecule has 0 N–H and O–H groups in total. The van der Waals surface area contributed by atoms with Crippen molar-refractivity contribution in [1.82, 2.24) is 9.13 Å². The van der Waals surface area contributed by atoms with Gasteiger partial charge in [0.2, 0.25) is 0 Å². The fraction of sp³-hybridized carbons (Fsp3) is 0.0476. The molecule has 0 fully saturated rings. The maximum Gasteiger partial charge on any atom is 0.135 e. The minimum absolute atomic E-state index is 0.909. The Balaban J connectivity index is 1.09. The first-order valence-electron chi connectivity index (χ1n) is 15.7. The van der Waals surface area contributed by atoms with Crippen molar-refractivity contribution in [3.63, 3.8) is 0 Å². The number of furan rings is 1. The maximum absolute atomic E-state index is 6.34. The highest BCUT2D eigenvalue weighted by atomic mass is 16.3. The number of nitrogens with zero attached hydrogens (tertiary/aromatic N) is 2. The Bertz CT molecular complexity index is 2590. The molecule has 0 aliphatic heterocycles. The van der Waals surface area contributed by atoms with Gasteiger partial charge in [-0.25, -0.2) is 0 Å². The molecule has 0 saturated heterocycles. The van der Waals surface area contributed by atoms with Crippen LogP contribution in [0.5, 0.6) is 0 Å². The molecule has 0 radical (unpaired) electrons. The Kier molecular flexibility index (Phi) is 5.11. The lowest BCUT2D eigenvalue weighted by molar-refractivity contribution is 0.669. The molecule has 0 spiro atoms. The topological polar surface area (TPSA) is 23.0 Å². The highest BCUT2D eigenvalue weighted by Gasteiger charge is 2.19. The van der Waals surface area contributed by atoms with Gasteiger partial charge in [0.25, 0.3) is 0 Å². The van der Waals surface area contributed by atoms with Gasteiger partial charge in [0.1, 0.15) is 11.2 Å². The van der Waals surface area contributed by atoms with Gasteiger partial charge in [-0.2, -0.15) is 0 Å². The first-order valence-corrected chi connectivity index (χ1v) is 15.7. The van der Waals surface area contributed by atoms with E-state index in [2.05, 4.69) is 155 Å². The standard InChI is InChI=1S/C42H28N2O/c1-5-13-37-31(9-1)32-10-2-6-14-38(32)43(37)29-20-17-27(18-21-29)28-19-23-41-35(25-28)36-26-30(22-24-42(36)45-41)44-39-15-7-3-11-33(39)34-12-4-8-16-40(34)44/h1-3,5-11,13-26H,4,12H2. The molecule has 0 atom stereocenters. The van der Waals surface area contributed by atoms with Crippen LogP contribution >= 0.6 is 0 Å². The summed E-state index contributed by atoms with van der Waals surface area (Å²) in [6, 6.07) is 48.2. The highest BCUT2D eigenvalue weighted by molar-refractivity contribution is 6.09. The SMILES string of the molecule is C1=Cc2c(c3ccccc3n2-c2ccc3oc4ccc(-c5ccc(-n6c7ccccc7c7ccccc76)cc5)cc4c3c2)CC1. The van der Waals surface area contributed by atoms with Crippen molar-refractivity contribution in [1.29, 1.82) is 0 Å². The van der Waals surface area contributed by atoms with Gasteiger partial charge in [-0.05, 0) is 96.3 Å². The minimum atomic E-state index is 0.909. The summed E-state index contributed by atoms with van der Waals surface area (Å²) in [5, 5.41) is 6.17. The van der Waals surface area contributed by atoms with Crippen molar-refractivity contribution >= 4 is 60.7 Å². The van der Waals surface area contributed by atoms with E-state index in [1.807, 2.05) is 0 Å². The Morgan fingerprint density at radius 1 is 0.467 bits per heavy atom. The number of benzene rings is 6. The molecule has 3 heteroatoms. The Morgan fingerprint density at radius 2 is 1.04 bits per heavy atom. The predicted molar refractivity (Wildman–Crippen MR) is 188 cm³/mol. The highest BCUT2D eigenvalue weighted by Crippen LogP contribution is 2.38. The van der Waals surface area contributed by atoms with Crippen molar-refractivity contribution in [3.8, 4) is 22.5 Å². The van der Waals surface area contributed by atoms with Gasteiger partial charge < -0.3 is 13.6 Å². The van der Waals surface area contributed by atoms with E-state index in [0.29, 0.717) is 0 Å². The summed E-state index contributed by atoms with van der Waals surface area (Å²) >= 11 is 0. The van der Waals surface area contributed by atoms with Crippen molar-refractivity contribution < 1.29 is 4.42 Å². The molecule has 212 valence electrons. The lowest BCUT2D eigenvalue weighted by Gasteiger charge is -2.12. The summed E-state index contributed by atoms with van der Waals surface area (Å²) in [6.07, 6.45) is 6.75. The molecule has 6 aromatic carbocycles. The van der Waals surface area contributed by atoms with Gasteiger partial charge in [-0.1, -0.05) is 78.9 Å². The van der Waals surface area contributed by atoms with E-state index in [1.165, 1.54) is 55.1 Å². The van der Waals surface area contributed by atoms with Crippen molar-refractivity contribution in [2.24, 2.45) is 0 Å². The second kappa shape index (κ2) is 9.35. The normalized spacial score (nSPS) is 13.1. The fourth-order valence-corrected chi connectivity index (χ4v) is 7.55. The van der Waals surface area contributed by atoms with Crippen LogP contribution in [0.2, 0.25) is 0 Å². The average Bonchev–Trinajstić information content (AvgIpc) is 3.75. The van der Waals surface area contributed by atoms with Gasteiger partial charge in [-0.3, -0.25) is 0 Å². The number of fused-ring (bicyclic) bond motifs is 9. The lowest BCUT2D eigenvalue weighted by Crippen LogP contribution is -2.00. The van der Waals surface area contributed by atoms with Crippen LogP contribution in [0.1, 0.15) is 17.7 Å². The molecule has 9 aromatic rings.